The smallest absolute Gasteiger partial charge is 0.478 e. The minimum atomic E-state index is -4.94. The number of thiophene rings is 1. The summed E-state index contributed by atoms with van der Waals surface area (Å²) in [4.78, 5) is 22.5. The minimum Gasteiger partial charge on any atom is -0.478 e. The average Bonchev–Trinajstić information content (AvgIpc) is 2.98. The molecule has 8 nitrogen and oxygen atoms in total. The molecule has 0 aliphatic heterocycles. The van der Waals surface area contributed by atoms with E-state index in [0.717, 1.165) is 37.3 Å². The van der Waals surface area contributed by atoms with E-state index in [1.807, 2.05) is 0 Å². The van der Waals surface area contributed by atoms with Gasteiger partial charge in [0, 0.05) is 0 Å². The third kappa shape index (κ3) is 4.99. The van der Waals surface area contributed by atoms with Crippen LogP contribution in [0.3, 0.4) is 0 Å². The number of nitrogens with one attached hydrogen (secondary N) is 1. The van der Waals surface area contributed by atoms with E-state index in [9.17, 15) is 41.4 Å². The standard InChI is InChI=1S/C15H12F3NO7S2/c1-7(20)12(21)19-13-10(14(22)23)6-11(27-13)28(24,25)9-4-2-8(3-5-9)26-15(16,17)18/h2-7,20H,1H3,(H,19,21)(H,22,23)/t7-/m0/s1. The number of rotatable bonds is 6. The minimum absolute atomic E-state index is 0.311. The summed E-state index contributed by atoms with van der Waals surface area (Å²) in [6.07, 6.45) is -6.41. The number of anilines is 1. The molecule has 0 saturated heterocycles. The average molecular weight is 439 g/mol. The van der Waals surface area contributed by atoms with Gasteiger partial charge in [-0.1, -0.05) is 0 Å². The lowest BCUT2D eigenvalue weighted by molar-refractivity contribution is -0.274. The first-order chi connectivity index (χ1) is 12.8. The molecule has 0 aliphatic carbocycles. The fourth-order valence-electron chi connectivity index (χ4n) is 1.91. The Labute approximate surface area is 160 Å². The van der Waals surface area contributed by atoms with Crippen molar-refractivity contribution in [3.8, 4) is 5.75 Å². The van der Waals surface area contributed by atoms with Gasteiger partial charge in [-0.25, -0.2) is 13.2 Å². The molecular weight excluding hydrogens is 427 g/mol. The van der Waals surface area contributed by atoms with E-state index in [0.29, 0.717) is 11.3 Å². The van der Waals surface area contributed by atoms with Gasteiger partial charge in [0.25, 0.3) is 5.91 Å². The van der Waals surface area contributed by atoms with E-state index in [1.165, 1.54) is 0 Å². The number of carbonyl (C=O) groups excluding carboxylic acids is 1. The Morgan fingerprint density at radius 3 is 2.25 bits per heavy atom. The molecule has 2 aromatic rings. The second-order valence-electron chi connectivity index (χ2n) is 5.30. The van der Waals surface area contributed by atoms with Crippen LogP contribution in [-0.2, 0) is 14.6 Å². The molecule has 0 spiro atoms. The third-order valence-electron chi connectivity index (χ3n) is 3.19. The topological polar surface area (TPSA) is 130 Å². The predicted octanol–water partition coefficient (Wildman–Crippen LogP) is 2.50. The van der Waals surface area contributed by atoms with Gasteiger partial charge < -0.3 is 20.3 Å². The summed E-state index contributed by atoms with van der Waals surface area (Å²) in [5.74, 6) is -3.09. The number of carbonyl (C=O) groups is 2. The Morgan fingerprint density at radius 1 is 1.21 bits per heavy atom. The zero-order chi connectivity index (χ0) is 21.3. The first kappa shape index (κ1) is 21.7. The molecule has 1 aromatic carbocycles. The van der Waals surface area contributed by atoms with E-state index < -0.39 is 54.6 Å². The van der Waals surface area contributed by atoms with E-state index in [2.05, 4.69) is 10.1 Å². The molecule has 0 bridgehead atoms. The van der Waals surface area contributed by atoms with Crippen molar-refractivity contribution < 1.29 is 46.1 Å². The van der Waals surface area contributed by atoms with Crippen LogP contribution in [-0.4, -0.2) is 43.0 Å². The van der Waals surface area contributed by atoms with Gasteiger partial charge in [0.05, 0.1) is 10.5 Å². The summed E-state index contributed by atoms with van der Waals surface area (Å²) >= 11 is 0.426. The summed E-state index contributed by atoms with van der Waals surface area (Å²) in [6, 6.07) is 4.12. The second-order valence-corrected chi connectivity index (χ2v) is 8.53. The lowest BCUT2D eigenvalue weighted by Crippen LogP contribution is -2.24. The molecule has 1 heterocycles. The maximum atomic E-state index is 12.6. The van der Waals surface area contributed by atoms with Crippen LogP contribution in [0.1, 0.15) is 17.3 Å². The maximum absolute atomic E-state index is 12.6. The molecule has 0 unspecified atom stereocenters. The molecule has 0 aliphatic rings. The first-order valence-electron chi connectivity index (χ1n) is 7.28. The van der Waals surface area contributed by atoms with Gasteiger partial charge in [-0.2, -0.15) is 0 Å². The highest BCUT2D eigenvalue weighted by molar-refractivity contribution is 7.93. The number of sulfone groups is 1. The van der Waals surface area contributed by atoms with Crippen LogP contribution in [0.15, 0.2) is 39.4 Å². The Bertz CT molecular complexity index is 996. The van der Waals surface area contributed by atoms with Crippen molar-refractivity contribution in [3.05, 3.63) is 35.9 Å². The largest absolute Gasteiger partial charge is 0.573 e. The van der Waals surface area contributed by atoms with Gasteiger partial charge in [-0.05, 0) is 37.3 Å². The number of aliphatic hydroxyl groups excluding tert-OH is 1. The Balaban J connectivity index is 2.40. The zero-order valence-corrected chi connectivity index (χ0v) is 15.5. The number of hydrogen-bond acceptors (Lipinski definition) is 7. The van der Waals surface area contributed by atoms with Crippen molar-refractivity contribution in [2.45, 2.75) is 28.5 Å². The molecular formula is C15H12F3NO7S2. The maximum Gasteiger partial charge on any atom is 0.573 e. The van der Waals surface area contributed by atoms with Crippen molar-refractivity contribution in [3.63, 3.8) is 0 Å². The number of amides is 1. The van der Waals surface area contributed by atoms with Crippen LogP contribution >= 0.6 is 11.3 Å². The Morgan fingerprint density at radius 2 is 1.79 bits per heavy atom. The summed E-state index contributed by atoms with van der Waals surface area (Å²) in [6.45, 7) is 1.13. The molecule has 1 atom stereocenters. The molecule has 28 heavy (non-hydrogen) atoms. The molecule has 1 amide bonds. The molecule has 0 radical (unpaired) electrons. The zero-order valence-electron chi connectivity index (χ0n) is 13.9. The van der Waals surface area contributed by atoms with E-state index >= 15 is 0 Å². The van der Waals surface area contributed by atoms with Crippen LogP contribution in [0.2, 0.25) is 0 Å². The van der Waals surface area contributed by atoms with E-state index in [-0.39, 0.29) is 5.00 Å². The number of carboxylic acid groups (broad SMARTS) is 1. The Kier molecular flexibility index (Phi) is 6.01. The lowest BCUT2D eigenvalue weighted by atomic mass is 10.3. The number of hydrogen-bond donors (Lipinski definition) is 3. The van der Waals surface area contributed by atoms with Crippen molar-refractivity contribution in [2.24, 2.45) is 0 Å². The quantitative estimate of drug-likeness (QED) is 0.630. The van der Waals surface area contributed by atoms with Gasteiger partial charge in [0.2, 0.25) is 9.84 Å². The van der Waals surface area contributed by atoms with Crippen LogP contribution in [0, 0.1) is 0 Å². The molecule has 0 fully saturated rings. The number of ether oxygens (including phenoxy) is 1. The number of halogens is 3. The first-order valence-corrected chi connectivity index (χ1v) is 9.58. The Hall–Kier alpha value is -2.64. The SMILES string of the molecule is C[C@H](O)C(=O)Nc1sc(S(=O)(=O)c2ccc(OC(F)(F)F)cc2)cc1C(=O)O. The van der Waals surface area contributed by atoms with Gasteiger partial charge >= 0.3 is 12.3 Å². The van der Waals surface area contributed by atoms with Gasteiger partial charge in [0.15, 0.2) is 0 Å². The monoisotopic (exact) mass is 439 g/mol. The molecule has 152 valence electrons. The highest BCUT2D eigenvalue weighted by Gasteiger charge is 2.31. The van der Waals surface area contributed by atoms with Crippen LogP contribution in [0.4, 0.5) is 18.2 Å². The molecule has 0 saturated carbocycles. The summed E-state index contributed by atoms with van der Waals surface area (Å²) < 4.78 is 65.0. The van der Waals surface area contributed by atoms with Gasteiger partial charge in [0.1, 0.15) is 21.1 Å². The van der Waals surface area contributed by atoms with Gasteiger partial charge in [-0.15, -0.1) is 24.5 Å². The summed E-state index contributed by atoms with van der Waals surface area (Å²) in [7, 11) is -4.29. The number of aromatic carboxylic acids is 1. The second kappa shape index (κ2) is 7.77. The number of carboxylic acids is 1. The van der Waals surface area contributed by atoms with Crippen molar-refractivity contribution in [2.75, 3.05) is 5.32 Å². The van der Waals surface area contributed by atoms with Crippen LogP contribution in [0.5, 0.6) is 5.75 Å². The highest BCUT2D eigenvalue weighted by Crippen LogP contribution is 2.35. The lowest BCUT2D eigenvalue weighted by Gasteiger charge is -2.09. The molecule has 2 rings (SSSR count). The van der Waals surface area contributed by atoms with E-state index in [1.54, 1.807) is 0 Å². The van der Waals surface area contributed by atoms with Crippen molar-refractivity contribution >= 4 is 38.1 Å². The fourth-order valence-corrected chi connectivity index (χ4v) is 4.67. The number of alkyl halides is 3. The van der Waals surface area contributed by atoms with Gasteiger partial charge in [-0.3, -0.25) is 4.79 Å². The number of benzene rings is 1. The molecule has 3 N–H and O–H groups in total. The fraction of sp³-hybridized carbons (Fsp3) is 0.200. The van der Waals surface area contributed by atoms with E-state index in [4.69, 9.17) is 0 Å². The number of aliphatic hydroxyl groups is 1. The third-order valence-corrected chi connectivity index (χ3v) is 6.48. The predicted molar refractivity (Wildman–Crippen MR) is 90.2 cm³/mol. The molecule has 13 heteroatoms. The normalized spacial score (nSPS) is 13.0. The summed E-state index contributed by atoms with van der Waals surface area (Å²) in [5, 5.41) is 20.2. The summed E-state index contributed by atoms with van der Waals surface area (Å²) in [5.41, 5.74) is -0.519. The van der Waals surface area contributed by atoms with Crippen LogP contribution in [0.25, 0.3) is 0 Å². The van der Waals surface area contributed by atoms with Crippen molar-refractivity contribution in [1.29, 1.82) is 0 Å². The van der Waals surface area contributed by atoms with Crippen LogP contribution < -0.4 is 10.1 Å². The van der Waals surface area contributed by atoms with Crippen molar-refractivity contribution in [1.82, 2.24) is 0 Å². The highest BCUT2D eigenvalue weighted by atomic mass is 32.2. The molecule has 1 aromatic heterocycles.